The molecular formula is C12H16BrNO2. The van der Waals surface area contributed by atoms with Gasteiger partial charge in [-0.25, -0.2) is 0 Å². The van der Waals surface area contributed by atoms with E-state index in [1.54, 1.807) is 7.11 Å². The van der Waals surface area contributed by atoms with E-state index in [4.69, 9.17) is 9.84 Å². The summed E-state index contributed by atoms with van der Waals surface area (Å²) >= 11 is 3.48. The van der Waals surface area contributed by atoms with Gasteiger partial charge in [-0.3, -0.25) is 0 Å². The van der Waals surface area contributed by atoms with Gasteiger partial charge >= 0.3 is 0 Å². The van der Waals surface area contributed by atoms with Crippen LogP contribution in [0.15, 0.2) is 22.7 Å². The molecule has 0 aromatic heterocycles. The van der Waals surface area contributed by atoms with Gasteiger partial charge in [0.1, 0.15) is 5.75 Å². The van der Waals surface area contributed by atoms with Gasteiger partial charge in [-0.05, 0) is 18.6 Å². The maximum absolute atomic E-state index is 9.13. The maximum atomic E-state index is 9.13. The van der Waals surface area contributed by atoms with Crippen molar-refractivity contribution in [2.75, 3.05) is 31.7 Å². The molecule has 16 heavy (non-hydrogen) atoms. The van der Waals surface area contributed by atoms with Crippen LogP contribution in [0.3, 0.4) is 0 Å². The van der Waals surface area contributed by atoms with Gasteiger partial charge in [0.25, 0.3) is 0 Å². The van der Waals surface area contributed by atoms with Crippen molar-refractivity contribution in [3.8, 4) is 5.75 Å². The van der Waals surface area contributed by atoms with E-state index in [9.17, 15) is 0 Å². The highest BCUT2D eigenvalue weighted by Crippen LogP contribution is 2.30. The van der Waals surface area contributed by atoms with Crippen LogP contribution >= 0.6 is 15.9 Å². The SMILES string of the molecule is COc1cc(Br)cc(N2CCC(CO)C2)c1. The molecule has 0 bridgehead atoms. The number of aliphatic hydroxyl groups is 1. The smallest absolute Gasteiger partial charge is 0.122 e. The molecule has 1 aromatic rings. The zero-order valence-electron chi connectivity index (χ0n) is 9.32. The van der Waals surface area contributed by atoms with E-state index in [1.165, 1.54) is 0 Å². The summed E-state index contributed by atoms with van der Waals surface area (Å²) in [5.74, 6) is 1.27. The van der Waals surface area contributed by atoms with Crippen LogP contribution in [-0.2, 0) is 0 Å². The minimum atomic E-state index is 0.279. The summed E-state index contributed by atoms with van der Waals surface area (Å²) in [6.07, 6.45) is 1.06. The van der Waals surface area contributed by atoms with Gasteiger partial charge in [0.2, 0.25) is 0 Å². The Morgan fingerprint density at radius 3 is 2.94 bits per heavy atom. The number of rotatable bonds is 3. The lowest BCUT2D eigenvalue weighted by Crippen LogP contribution is -2.20. The van der Waals surface area contributed by atoms with Crippen molar-refractivity contribution in [2.24, 2.45) is 5.92 Å². The third-order valence-electron chi connectivity index (χ3n) is 3.00. The molecule has 0 aliphatic carbocycles. The van der Waals surface area contributed by atoms with Crippen LogP contribution in [0.1, 0.15) is 6.42 Å². The Balaban J connectivity index is 2.17. The molecule has 1 aliphatic rings. The number of anilines is 1. The number of aliphatic hydroxyl groups excluding tert-OH is 1. The zero-order valence-corrected chi connectivity index (χ0v) is 10.9. The Kier molecular flexibility index (Phi) is 3.71. The molecule has 1 atom stereocenters. The molecule has 88 valence electrons. The molecule has 0 spiro atoms. The zero-order chi connectivity index (χ0) is 11.5. The molecular weight excluding hydrogens is 270 g/mol. The van der Waals surface area contributed by atoms with Crippen LogP contribution < -0.4 is 9.64 Å². The topological polar surface area (TPSA) is 32.7 Å². The number of hydrogen-bond donors (Lipinski definition) is 1. The molecule has 2 rings (SSSR count). The van der Waals surface area contributed by atoms with E-state index >= 15 is 0 Å². The standard InChI is InChI=1S/C12H16BrNO2/c1-16-12-5-10(13)4-11(6-12)14-3-2-9(7-14)8-15/h4-6,9,15H,2-3,7-8H2,1H3. The molecule has 1 N–H and O–H groups in total. The molecule has 1 aromatic carbocycles. The van der Waals surface area contributed by atoms with Gasteiger partial charge in [0.15, 0.2) is 0 Å². The fourth-order valence-electron chi connectivity index (χ4n) is 2.06. The van der Waals surface area contributed by atoms with Gasteiger partial charge in [-0.2, -0.15) is 0 Å². The van der Waals surface area contributed by atoms with Crippen molar-refractivity contribution in [1.29, 1.82) is 0 Å². The van der Waals surface area contributed by atoms with Crippen LogP contribution in [0.5, 0.6) is 5.75 Å². The van der Waals surface area contributed by atoms with Crippen molar-refractivity contribution < 1.29 is 9.84 Å². The van der Waals surface area contributed by atoms with Crippen LogP contribution in [0.25, 0.3) is 0 Å². The van der Waals surface area contributed by atoms with Crippen molar-refractivity contribution in [1.82, 2.24) is 0 Å². The highest BCUT2D eigenvalue weighted by Gasteiger charge is 2.22. The number of hydrogen-bond acceptors (Lipinski definition) is 3. The minimum absolute atomic E-state index is 0.279. The monoisotopic (exact) mass is 285 g/mol. The number of nitrogens with zero attached hydrogens (tertiary/aromatic N) is 1. The summed E-state index contributed by atoms with van der Waals surface area (Å²) in [5, 5.41) is 9.13. The van der Waals surface area contributed by atoms with E-state index in [2.05, 4.69) is 26.9 Å². The first-order valence-electron chi connectivity index (χ1n) is 5.43. The molecule has 1 unspecified atom stereocenters. The van der Waals surface area contributed by atoms with E-state index in [1.807, 2.05) is 12.1 Å². The molecule has 0 amide bonds. The van der Waals surface area contributed by atoms with Crippen LogP contribution in [0, 0.1) is 5.92 Å². The van der Waals surface area contributed by atoms with Gasteiger partial charge < -0.3 is 14.7 Å². The molecule has 1 aliphatic heterocycles. The Morgan fingerprint density at radius 2 is 2.31 bits per heavy atom. The quantitative estimate of drug-likeness (QED) is 0.925. The minimum Gasteiger partial charge on any atom is -0.497 e. The van der Waals surface area contributed by atoms with E-state index < -0.39 is 0 Å². The van der Waals surface area contributed by atoms with Crippen molar-refractivity contribution in [3.63, 3.8) is 0 Å². The number of halogens is 1. The summed E-state index contributed by atoms with van der Waals surface area (Å²) in [4.78, 5) is 2.29. The molecule has 1 saturated heterocycles. The average Bonchev–Trinajstić information content (AvgIpc) is 2.76. The predicted molar refractivity (Wildman–Crippen MR) is 68.1 cm³/mol. The highest BCUT2D eigenvalue weighted by molar-refractivity contribution is 9.10. The van der Waals surface area contributed by atoms with E-state index in [0.717, 1.165) is 35.4 Å². The lowest BCUT2D eigenvalue weighted by molar-refractivity contribution is 0.238. The second kappa shape index (κ2) is 5.06. The maximum Gasteiger partial charge on any atom is 0.122 e. The number of ether oxygens (including phenoxy) is 1. The molecule has 4 heteroatoms. The molecule has 3 nitrogen and oxygen atoms in total. The Morgan fingerprint density at radius 1 is 1.50 bits per heavy atom. The second-order valence-electron chi connectivity index (χ2n) is 4.13. The average molecular weight is 286 g/mol. The van der Waals surface area contributed by atoms with E-state index in [-0.39, 0.29) is 6.61 Å². The van der Waals surface area contributed by atoms with E-state index in [0.29, 0.717) is 5.92 Å². The summed E-state index contributed by atoms with van der Waals surface area (Å²) in [5.41, 5.74) is 1.15. The van der Waals surface area contributed by atoms with Gasteiger partial charge in [-0.15, -0.1) is 0 Å². The largest absolute Gasteiger partial charge is 0.497 e. The second-order valence-corrected chi connectivity index (χ2v) is 5.05. The summed E-state index contributed by atoms with van der Waals surface area (Å²) in [6.45, 7) is 2.21. The predicted octanol–water partition coefficient (Wildman–Crippen LogP) is 2.28. The molecule has 1 fully saturated rings. The van der Waals surface area contributed by atoms with Crippen molar-refractivity contribution >= 4 is 21.6 Å². The third-order valence-corrected chi connectivity index (χ3v) is 3.46. The lowest BCUT2D eigenvalue weighted by Gasteiger charge is -2.19. The Labute approximate surface area is 104 Å². The van der Waals surface area contributed by atoms with Gasteiger partial charge in [-0.1, -0.05) is 15.9 Å². The van der Waals surface area contributed by atoms with Crippen LogP contribution in [0.2, 0.25) is 0 Å². The van der Waals surface area contributed by atoms with Crippen molar-refractivity contribution in [2.45, 2.75) is 6.42 Å². The van der Waals surface area contributed by atoms with Crippen molar-refractivity contribution in [3.05, 3.63) is 22.7 Å². The molecule has 1 heterocycles. The van der Waals surface area contributed by atoms with Crippen LogP contribution in [0.4, 0.5) is 5.69 Å². The molecule has 0 radical (unpaired) electrons. The third kappa shape index (κ3) is 2.50. The Bertz CT molecular complexity index is 370. The summed E-state index contributed by atoms with van der Waals surface area (Å²) in [7, 11) is 1.67. The summed E-state index contributed by atoms with van der Waals surface area (Å²) < 4.78 is 6.26. The normalized spacial score (nSPS) is 20.2. The molecule has 0 saturated carbocycles. The lowest BCUT2D eigenvalue weighted by atomic mass is 10.1. The van der Waals surface area contributed by atoms with Gasteiger partial charge in [0.05, 0.1) is 7.11 Å². The van der Waals surface area contributed by atoms with Crippen LogP contribution in [-0.4, -0.2) is 31.9 Å². The first-order valence-corrected chi connectivity index (χ1v) is 6.22. The first kappa shape index (κ1) is 11.7. The number of benzene rings is 1. The fraction of sp³-hybridized carbons (Fsp3) is 0.500. The highest BCUT2D eigenvalue weighted by atomic mass is 79.9. The fourth-order valence-corrected chi connectivity index (χ4v) is 2.52. The first-order chi connectivity index (χ1) is 7.72. The number of methoxy groups -OCH3 is 1. The Hall–Kier alpha value is -0.740. The van der Waals surface area contributed by atoms with Gasteiger partial charge in [0, 0.05) is 41.8 Å². The summed E-state index contributed by atoms with van der Waals surface area (Å²) in [6, 6.07) is 6.07.